The van der Waals surface area contributed by atoms with Crippen LogP contribution in [0.2, 0.25) is 0 Å². The van der Waals surface area contributed by atoms with E-state index in [4.69, 9.17) is 14.2 Å². The maximum Gasteiger partial charge on any atom is 0.357 e. The fourth-order valence-electron chi connectivity index (χ4n) is 5.16. The van der Waals surface area contributed by atoms with Gasteiger partial charge in [0.15, 0.2) is 5.69 Å². The van der Waals surface area contributed by atoms with Crippen LogP contribution in [0.3, 0.4) is 0 Å². The molecular formula is C30H36N4O4. The number of nitrogens with zero attached hydrogens (tertiary/aromatic N) is 3. The molecule has 1 saturated heterocycles. The van der Waals surface area contributed by atoms with Crippen LogP contribution in [0.5, 0.6) is 5.75 Å². The van der Waals surface area contributed by atoms with Crippen molar-refractivity contribution >= 4 is 33.5 Å². The highest BCUT2D eigenvalue weighted by Crippen LogP contribution is 2.36. The second kappa shape index (κ2) is 11.8. The van der Waals surface area contributed by atoms with Crippen LogP contribution in [0, 0.1) is 0 Å². The first-order chi connectivity index (χ1) is 18.5. The Hall–Kier alpha value is -3.62. The van der Waals surface area contributed by atoms with Gasteiger partial charge in [-0.3, -0.25) is 4.90 Å². The highest BCUT2D eigenvalue weighted by Gasteiger charge is 2.23. The molecule has 3 heterocycles. The molecule has 1 fully saturated rings. The molecular weight excluding hydrogens is 480 g/mol. The number of nitrogens with one attached hydrogen (secondary N) is 1. The molecule has 0 radical (unpaired) electrons. The van der Waals surface area contributed by atoms with Crippen LogP contribution in [0.15, 0.2) is 54.7 Å². The van der Waals surface area contributed by atoms with Gasteiger partial charge in [0, 0.05) is 61.9 Å². The number of H-pyrrole nitrogens is 1. The summed E-state index contributed by atoms with van der Waals surface area (Å²) in [7, 11) is 1.61. The molecule has 0 saturated carbocycles. The van der Waals surface area contributed by atoms with Gasteiger partial charge in [-0.2, -0.15) is 0 Å². The number of fused-ring (bicyclic) bond motifs is 3. The summed E-state index contributed by atoms with van der Waals surface area (Å²) < 4.78 is 17.3. The van der Waals surface area contributed by atoms with E-state index in [2.05, 4.69) is 50.1 Å². The van der Waals surface area contributed by atoms with Gasteiger partial charge in [0.05, 0.1) is 36.5 Å². The molecule has 0 amide bonds. The minimum absolute atomic E-state index is 0.237. The zero-order valence-electron chi connectivity index (χ0n) is 22.4. The quantitative estimate of drug-likeness (QED) is 0.234. The van der Waals surface area contributed by atoms with Crippen molar-refractivity contribution in [2.24, 2.45) is 0 Å². The third-order valence-corrected chi connectivity index (χ3v) is 6.92. The fourth-order valence-corrected chi connectivity index (χ4v) is 5.16. The lowest BCUT2D eigenvalue weighted by atomic mass is 10.0. The highest BCUT2D eigenvalue weighted by atomic mass is 16.5. The first-order valence-electron chi connectivity index (χ1n) is 13.3. The predicted octanol–water partition coefficient (Wildman–Crippen LogP) is 5.02. The molecule has 1 N–H and O–H groups in total. The number of pyridine rings is 1. The molecule has 0 aliphatic carbocycles. The van der Waals surface area contributed by atoms with Crippen molar-refractivity contribution in [2.75, 3.05) is 51.3 Å². The lowest BCUT2D eigenvalue weighted by Crippen LogP contribution is -2.46. The molecule has 0 bridgehead atoms. The van der Waals surface area contributed by atoms with Gasteiger partial charge < -0.3 is 24.1 Å². The largest absolute Gasteiger partial charge is 0.493 e. The molecule has 1 aliphatic heterocycles. The number of methoxy groups -OCH3 is 1. The fraction of sp³-hybridized carbons (Fsp3) is 0.400. The van der Waals surface area contributed by atoms with E-state index in [0.29, 0.717) is 12.2 Å². The molecule has 5 rings (SSSR count). The van der Waals surface area contributed by atoms with Gasteiger partial charge in [-0.05, 0) is 44.5 Å². The van der Waals surface area contributed by atoms with Gasteiger partial charge in [0.1, 0.15) is 5.75 Å². The van der Waals surface area contributed by atoms with Crippen molar-refractivity contribution in [1.82, 2.24) is 14.9 Å². The standard InChI is InChI=1S/C30H36N4O4/c1-21(2)38-30(35)29-23(20-36-3)27-25(19-31-29)32-24-11-7-12-26(28(24)27)37-18-8-13-33-14-16-34(17-15-33)22-9-5-4-6-10-22/h4-7,9-12,19,21,32H,8,13-18,20H2,1-3H3. The summed E-state index contributed by atoms with van der Waals surface area (Å²) in [6.07, 6.45) is 2.38. The number of piperazine rings is 1. The molecule has 0 spiro atoms. The minimum atomic E-state index is -0.450. The number of esters is 1. The molecule has 0 atom stereocenters. The summed E-state index contributed by atoms with van der Waals surface area (Å²) >= 11 is 0. The topological polar surface area (TPSA) is 79.9 Å². The number of hydrogen-bond donors (Lipinski definition) is 1. The van der Waals surface area contributed by atoms with E-state index < -0.39 is 5.97 Å². The Morgan fingerprint density at radius 1 is 1.00 bits per heavy atom. The van der Waals surface area contributed by atoms with Crippen LogP contribution < -0.4 is 9.64 Å². The monoisotopic (exact) mass is 516 g/mol. The predicted molar refractivity (Wildman–Crippen MR) is 150 cm³/mol. The highest BCUT2D eigenvalue weighted by molar-refractivity contribution is 6.13. The summed E-state index contributed by atoms with van der Waals surface area (Å²) in [6, 6.07) is 16.6. The summed E-state index contributed by atoms with van der Waals surface area (Å²) in [5.74, 6) is 0.337. The van der Waals surface area contributed by atoms with Crippen molar-refractivity contribution in [1.29, 1.82) is 0 Å². The Morgan fingerprint density at radius 2 is 1.79 bits per heavy atom. The summed E-state index contributed by atoms with van der Waals surface area (Å²) in [6.45, 7) is 9.68. The molecule has 8 heteroatoms. The summed E-state index contributed by atoms with van der Waals surface area (Å²) in [5, 5.41) is 1.83. The smallest absolute Gasteiger partial charge is 0.357 e. The van der Waals surface area contributed by atoms with E-state index in [9.17, 15) is 4.79 Å². The van der Waals surface area contributed by atoms with E-state index in [0.717, 1.165) is 66.7 Å². The van der Waals surface area contributed by atoms with Crippen molar-refractivity contribution in [3.63, 3.8) is 0 Å². The Kier molecular flexibility index (Phi) is 8.10. The van der Waals surface area contributed by atoms with E-state index >= 15 is 0 Å². The number of aromatic nitrogens is 2. The van der Waals surface area contributed by atoms with Gasteiger partial charge in [0.25, 0.3) is 0 Å². The second-order valence-electron chi connectivity index (χ2n) is 9.93. The second-order valence-corrected chi connectivity index (χ2v) is 9.93. The van der Waals surface area contributed by atoms with Crippen molar-refractivity contribution < 1.29 is 19.0 Å². The van der Waals surface area contributed by atoms with Gasteiger partial charge in [-0.25, -0.2) is 9.78 Å². The average Bonchev–Trinajstić information content (AvgIpc) is 3.32. The number of rotatable bonds is 10. The van der Waals surface area contributed by atoms with Crippen LogP contribution in [0.1, 0.15) is 36.3 Å². The minimum Gasteiger partial charge on any atom is -0.493 e. The van der Waals surface area contributed by atoms with Gasteiger partial charge in [-0.1, -0.05) is 24.3 Å². The van der Waals surface area contributed by atoms with Crippen LogP contribution in [-0.2, 0) is 16.1 Å². The molecule has 8 nitrogen and oxygen atoms in total. The third-order valence-electron chi connectivity index (χ3n) is 6.92. The third kappa shape index (κ3) is 5.61. The summed E-state index contributed by atoms with van der Waals surface area (Å²) in [5.41, 5.74) is 4.04. The first-order valence-corrected chi connectivity index (χ1v) is 13.3. The first kappa shape index (κ1) is 26.0. The number of aromatic amines is 1. The van der Waals surface area contributed by atoms with E-state index in [1.54, 1.807) is 13.3 Å². The lowest BCUT2D eigenvalue weighted by molar-refractivity contribution is 0.0366. The maximum absolute atomic E-state index is 12.8. The number of hydrogen-bond acceptors (Lipinski definition) is 7. The zero-order valence-corrected chi connectivity index (χ0v) is 22.4. The average molecular weight is 517 g/mol. The number of anilines is 1. The zero-order chi connectivity index (χ0) is 26.5. The maximum atomic E-state index is 12.8. The van der Waals surface area contributed by atoms with E-state index in [1.807, 2.05) is 32.0 Å². The SMILES string of the molecule is COCc1c(C(=O)OC(C)C)ncc2[nH]c3cccc(OCCCN4CCN(c5ccccc5)CC4)c3c12. The van der Waals surface area contributed by atoms with Crippen LogP contribution in [0.25, 0.3) is 21.8 Å². The molecule has 1 aliphatic rings. The Balaban J connectivity index is 1.28. The Bertz CT molecular complexity index is 1380. The Morgan fingerprint density at radius 3 is 2.53 bits per heavy atom. The van der Waals surface area contributed by atoms with E-state index in [1.165, 1.54) is 5.69 Å². The Labute approximate surface area is 223 Å². The summed E-state index contributed by atoms with van der Waals surface area (Å²) in [4.78, 5) is 25.6. The van der Waals surface area contributed by atoms with Gasteiger partial charge >= 0.3 is 5.97 Å². The molecule has 38 heavy (non-hydrogen) atoms. The van der Waals surface area contributed by atoms with Gasteiger partial charge in [-0.15, -0.1) is 0 Å². The number of carbonyl (C=O) groups excluding carboxylic acids is 1. The molecule has 2 aromatic carbocycles. The molecule has 4 aromatic rings. The van der Waals surface area contributed by atoms with Crippen LogP contribution >= 0.6 is 0 Å². The number of benzene rings is 2. The molecule has 0 unspecified atom stereocenters. The van der Waals surface area contributed by atoms with Crippen molar-refractivity contribution in [3.8, 4) is 5.75 Å². The van der Waals surface area contributed by atoms with Crippen LogP contribution in [0.4, 0.5) is 5.69 Å². The lowest BCUT2D eigenvalue weighted by Gasteiger charge is -2.36. The van der Waals surface area contributed by atoms with Crippen molar-refractivity contribution in [2.45, 2.75) is 33.0 Å². The number of ether oxygens (including phenoxy) is 3. The van der Waals surface area contributed by atoms with Crippen LogP contribution in [-0.4, -0.2) is 73.4 Å². The number of carbonyl (C=O) groups is 1. The normalized spacial score (nSPS) is 14.5. The molecule has 2 aromatic heterocycles. The van der Waals surface area contributed by atoms with Crippen molar-refractivity contribution in [3.05, 3.63) is 66.0 Å². The van der Waals surface area contributed by atoms with Gasteiger partial charge in [0.2, 0.25) is 0 Å². The molecule has 200 valence electrons. The number of para-hydroxylation sites is 1. The van der Waals surface area contributed by atoms with E-state index in [-0.39, 0.29) is 18.4 Å².